The molecular weight excluding hydrogens is 318 g/mol. The maximum atomic E-state index is 11.7. The highest BCUT2D eigenvalue weighted by atomic mass is 35.5. The van der Waals surface area contributed by atoms with Gasteiger partial charge in [-0.05, 0) is 30.7 Å². The summed E-state index contributed by atoms with van der Waals surface area (Å²) in [7, 11) is 0. The minimum atomic E-state index is -0.264. The van der Waals surface area contributed by atoms with Crippen LogP contribution in [0, 0.1) is 0 Å². The number of aromatic nitrogens is 1. The molecule has 0 bridgehead atoms. The zero-order valence-electron chi connectivity index (χ0n) is 12.7. The van der Waals surface area contributed by atoms with E-state index >= 15 is 0 Å². The lowest BCUT2D eigenvalue weighted by molar-refractivity contribution is -0.122. The molecule has 23 heavy (non-hydrogen) atoms. The number of aromatic amines is 1. The Kier molecular flexibility index (Phi) is 6.05. The zero-order valence-corrected chi connectivity index (χ0v) is 13.4. The molecule has 7 heteroatoms. The summed E-state index contributed by atoms with van der Waals surface area (Å²) in [6.45, 7) is 2.86. The second-order valence-electron chi connectivity index (χ2n) is 4.77. The summed E-state index contributed by atoms with van der Waals surface area (Å²) in [5.41, 5.74) is 1.03. The van der Waals surface area contributed by atoms with Gasteiger partial charge in [-0.25, -0.2) is 0 Å². The number of nitrogens with one attached hydrogen (secondary N) is 3. The third kappa shape index (κ3) is 5.03. The van der Waals surface area contributed by atoms with Gasteiger partial charge in [0.1, 0.15) is 11.4 Å². The van der Waals surface area contributed by atoms with Crippen molar-refractivity contribution in [3.05, 3.63) is 57.5 Å². The lowest BCUT2D eigenvalue weighted by Crippen LogP contribution is -2.28. The molecule has 2 rings (SSSR count). The first kappa shape index (κ1) is 16.9. The number of rotatable bonds is 7. The van der Waals surface area contributed by atoms with Gasteiger partial charge in [0.15, 0.2) is 6.61 Å². The van der Waals surface area contributed by atoms with Crippen LogP contribution in [0.25, 0.3) is 0 Å². The van der Waals surface area contributed by atoms with Crippen molar-refractivity contribution in [1.29, 1.82) is 0 Å². The molecule has 0 atom stereocenters. The van der Waals surface area contributed by atoms with Crippen LogP contribution in [0.5, 0.6) is 5.75 Å². The van der Waals surface area contributed by atoms with Crippen LogP contribution in [0.2, 0.25) is 5.02 Å². The Balaban J connectivity index is 1.90. The lowest BCUT2D eigenvalue weighted by Gasteiger charge is -2.09. The number of pyridine rings is 1. The van der Waals surface area contributed by atoms with E-state index in [2.05, 4.69) is 15.6 Å². The van der Waals surface area contributed by atoms with Gasteiger partial charge in [-0.2, -0.15) is 0 Å². The molecule has 1 heterocycles. The highest BCUT2D eigenvalue weighted by molar-refractivity contribution is 6.33. The van der Waals surface area contributed by atoms with Crippen molar-refractivity contribution in [3.63, 3.8) is 0 Å². The molecule has 0 aliphatic heterocycles. The predicted molar refractivity (Wildman–Crippen MR) is 90.0 cm³/mol. The predicted octanol–water partition coefficient (Wildman–Crippen LogP) is 2.16. The molecule has 0 saturated carbocycles. The van der Waals surface area contributed by atoms with Crippen molar-refractivity contribution in [2.45, 2.75) is 13.5 Å². The van der Waals surface area contributed by atoms with Crippen LogP contribution in [-0.4, -0.2) is 24.0 Å². The second-order valence-corrected chi connectivity index (χ2v) is 5.18. The van der Waals surface area contributed by atoms with E-state index in [1.807, 2.05) is 19.1 Å². The standard InChI is InChI=1S/C16H18ClN3O3/c1-2-18-14(21)10-23-12-5-3-11(4-6-12)9-20-15-13(17)7-8-19-16(15)22/h3-8,20H,2,9-10H2,1H3,(H,18,21)(H,19,22). The van der Waals surface area contributed by atoms with E-state index in [-0.39, 0.29) is 18.1 Å². The number of anilines is 1. The Labute approximate surface area is 138 Å². The fraction of sp³-hybridized carbons (Fsp3) is 0.250. The average Bonchev–Trinajstić information content (AvgIpc) is 2.54. The smallest absolute Gasteiger partial charge is 0.272 e. The van der Waals surface area contributed by atoms with Crippen LogP contribution in [0.4, 0.5) is 5.69 Å². The van der Waals surface area contributed by atoms with Crippen molar-refractivity contribution >= 4 is 23.2 Å². The number of H-pyrrole nitrogens is 1. The minimum Gasteiger partial charge on any atom is -0.484 e. The number of benzene rings is 1. The summed E-state index contributed by atoms with van der Waals surface area (Å²) in [5, 5.41) is 6.03. The molecule has 6 nitrogen and oxygen atoms in total. The number of hydrogen-bond donors (Lipinski definition) is 3. The van der Waals surface area contributed by atoms with Gasteiger partial charge in [0.25, 0.3) is 11.5 Å². The SMILES string of the molecule is CCNC(=O)COc1ccc(CNc2c(Cl)cc[nH]c2=O)cc1. The summed E-state index contributed by atoms with van der Waals surface area (Å²) < 4.78 is 5.37. The third-order valence-electron chi connectivity index (χ3n) is 3.05. The molecular formula is C16H18ClN3O3. The maximum Gasteiger partial charge on any atom is 0.272 e. The number of hydrogen-bond acceptors (Lipinski definition) is 4. The highest BCUT2D eigenvalue weighted by Crippen LogP contribution is 2.17. The molecule has 0 saturated heterocycles. The van der Waals surface area contributed by atoms with E-state index in [1.54, 1.807) is 18.2 Å². The summed E-state index contributed by atoms with van der Waals surface area (Å²) in [5.74, 6) is 0.451. The largest absolute Gasteiger partial charge is 0.484 e. The Morgan fingerprint density at radius 3 is 2.65 bits per heavy atom. The number of halogens is 1. The fourth-order valence-corrected chi connectivity index (χ4v) is 2.13. The van der Waals surface area contributed by atoms with Crippen LogP contribution in [-0.2, 0) is 11.3 Å². The number of carbonyl (C=O) groups excluding carboxylic acids is 1. The van der Waals surface area contributed by atoms with E-state index in [0.29, 0.717) is 29.5 Å². The monoisotopic (exact) mass is 335 g/mol. The van der Waals surface area contributed by atoms with Gasteiger partial charge in [-0.3, -0.25) is 9.59 Å². The molecule has 3 N–H and O–H groups in total. The van der Waals surface area contributed by atoms with Crippen molar-refractivity contribution in [2.75, 3.05) is 18.5 Å². The van der Waals surface area contributed by atoms with Gasteiger partial charge in [0, 0.05) is 19.3 Å². The molecule has 0 aliphatic carbocycles. The van der Waals surface area contributed by atoms with Gasteiger partial charge in [0.2, 0.25) is 0 Å². The molecule has 122 valence electrons. The topological polar surface area (TPSA) is 83.2 Å². The number of amides is 1. The minimum absolute atomic E-state index is 0.0135. The van der Waals surface area contributed by atoms with Gasteiger partial charge < -0.3 is 20.4 Å². The van der Waals surface area contributed by atoms with Gasteiger partial charge >= 0.3 is 0 Å². The van der Waals surface area contributed by atoms with E-state index in [9.17, 15) is 9.59 Å². The molecule has 1 amide bonds. The zero-order chi connectivity index (χ0) is 16.7. The van der Waals surface area contributed by atoms with Crippen LogP contribution < -0.4 is 20.9 Å². The average molecular weight is 336 g/mol. The molecule has 0 spiro atoms. The highest BCUT2D eigenvalue weighted by Gasteiger charge is 2.05. The van der Waals surface area contributed by atoms with E-state index in [4.69, 9.17) is 16.3 Å². The van der Waals surface area contributed by atoms with Crippen molar-refractivity contribution < 1.29 is 9.53 Å². The molecule has 1 aromatic carbocycles. The normalized spacial score (nSPS) is 10.2. The molecule has 0 radical (unpaired) electrons. The van der Waals surface area contributed by atoms with E-state index < -0.39 is 0 Å². The molecule has 0 fully saturated rings. The number of ether oxygens (including phenoxy) is 1. The van der Waals surface area contributed by atoms with Crippen LogP contribution in [0.1, 0.15) is 12.5 Å². The van der Waals surface area contributed by atoms with Crippen molar-refractivity contribution in [2.24, 2.45) is 0 Å². The van der Waals surface area contributed by atoms with E-state index in [0.717, 1.165) is 5.56 Å². The van der Waals surface area contributed by atoms with Crippen molar-refractivity contribution in [3.8, 4) is 5.75 Å². The lowest BCUT2D eigenvalue weighted by atomic mass is 10.2. The Bertz CT molecular complexity index is 713. The first-order valence-electron chi connectivity index (χ1n) is 7.19. The summed E-state index contributed by atoms with van der Waals surface area (Å²) in [4.78, 5) is 25.5. The van der Waals surface area contributed by atoms with Crippen molar-refractivity contribution in [1.82, 2.24) is 10.3 Å². The molecule has 0 aliphatic rings. The third-order valence-corrected chi connectivity index (χ3v) is 3.36. The molecule has 0 unspecified atom stereocenters. The fourth-order valence-electron chi connectivity index (χ4n) is 1.91. The molecule has 1 aromatic heterocycles. The quantitative estimate of drug-likeness (QED) is 0.724. The summed E-state index contributed by atoms with van der Waals surface area (Å²) in [6, 6.07) is 8.86. The van der Waals surface area contributed by atoms with Gasteiger partial charge in [-0.1, -0.05) is 23.7 Å². The van der Waals surface area contributed by atoms with Gasteiger partial charge in [0.05, 0.1) is 5.02 Å². The maximum absolute atomic E-state index is 11.7. The second kappa shape index (κ2) is 8.24. The van der Waals surface area contributed by atoms with Crippen LogP contribution in [0.3, 0.4) is 0 Å². The first-order chi connectivity index (χ1) is 11.1. The number of likely N-dealkylation sites (N-methyl/N-ethyl adjacent to an activating group) is 1. The van der Waals surface area contributed by atoms with Gasteiger partial charge in [-0.15, -0.1) is 0 Å². The number of carbonyl (C=O) groups is 1. The summed E-state index contributed by atoms with van der Waals surface area (Å²) in [6.07, 6.45) is 1.50. The van der Waals surface area contributed by atoms with Crippen LogP contribution in [0.15, 0.2) is 41.3 Å². The Morgan fingerprint density at radius 1 is 1.26 bits per heavy atom. The Hall–Kier alpha value is -2.47. The Morgan fingerprint density at radius 2 is 2.00 bits per heavy atom. The van der Waals surface area contributed by atoms with Crippen LogP contribution >= 0.6 is 11.6 Å². The molecule has 2 aromatic rings. The van der Waals surface area contributed by atoms with E-state index in [1.165, 1.54) is 6.20 Å². The summed E-state index contributed by atoms with van der Waals surface area (Å²) >= 11 is 5.98. The first-order valence-corrected chi connectivity index (χ1v) is 7.57.